The van der Waals surface area contributed by atoms with Gasteiger partial charge in [0.1, 0.15) is 11.3 Å². The lowest BCUT2D eigenvalue weighted by atomic mass is 9.86. The van der Waals surface area contributed by atoms with Gasteiger partial charge in [-0.05, 0) is 12.1 Å². The fourth-order valence-corrected chi connectivity index (χ4v) is 2.94. The third kappa shape index (κ3) is 2.91. The van der Waals surface area contributed by atoms with Crippen LogP contribution in [0.25, 0.3) is 0 Å². The highest BCUT2D eigenvalue weighted by molar-refractivity contribution is 5.98. The molecule has 0 aliphatic carbocycles. The summed E-state index contributed by atoms with van der Waals surface area (Å²) in [6.07, 6.45) is -5.27. The number of halogens is 3. The predicted molar refractivity (Wildman–Crippen MR) is 83.8 cm³/mol. The fraction of sp³-hybridized carbons (Fsp3) is 0.278. The first-order chi connectivity index (χ1) is 12.3. The molecular weight excluding hydrogens is 351 g/mol. The van der Waals surface area contributed by atoms with Crippen LogP contribution < -0.4 is 4.74 Å². The Hall–Kier alpha value is -2.90. The normalized spacial score (nSPS) is 19.5. The molecule has 1 aromatic carbocycles. The smallest absolute Gasteiger partial charge is 0.433 e. The molecular formula is C18H14F3NO4. The third-order valence-corrected chi connectivity index (χ3v) is 4.23. The van der Waals surface area contributed by atoms with Gasteiger partial charge in [0.15, 0.2) is 17.6 Å². The van der Waals surface area contributed by atoms with E-state index in [0.717, 1.165) is 12.3 Å². The highest BCUT2D eigenvalue weighted by Gasteiger charge is 2.43. The Kier molecular flexibility index (Phi) is 4.43. The van der Waals surface area contributed by atoms with Crippen molar-refractivity contribution in [2.24, 2.45) is 0 Å². The summed E-state index contributed by atoms with van der Waals surface area (Å²) in [5.74, 6) is -1.95. The van der Waals surface area contributed by atoms with Crippen LogP contribution in [0.5, 0.6) is 5.75 Å². The molecule has 0 radical (unpaired) electrons. The summed E-state index contributed by atoms with van der Waals surface area (Å²) < 4.78 is 50.1. The maximum atomic E-state index is 13.3. The number of Topliss-reactive ketones (excluding diaryl/α,β-unsaturated/α-hetero) is 1. The molecule has 0 bridgehead atoms. The number of nitrogens with zero attached hydrogens (tertiary/aromatic N) is 1. The SMILES string of the molecule is COC(=O)c1cccc2c1OC(c1cccnc1C(F)(F)F)C(=O)C2C. The quantitative estimate of drug-likeness (QED) is 0.760. The van der Waals surface area contributed by atoms with Crippen molar-refractivity contribution < 1.29 is 32.2 Å². The minimum Gasteiger partial charge on any atom is -0.477 e. The Labute approximate surface area is 146 Å². The Morgan fingerprint density at radius 1 is 1.19 bits per heavy atom. The van der Waals surface area contributed by atoms with Gasteiger partial charge in [-0.2, -0.15) is 13.2 Å². The van der Waals surface area contributed by atoms with Gasteiger partial charge in [0.05, 0.1) is 7.11 Å². The molecule has 0 N–H and O–H groups in total. The Balaban J connectivity index is 2.15. The van der Waals surface area contributed by atoms with E-state index in [9.17, 15) is 22.8 Å². The van der Waals surface area contributed by atoms with Gasteiger partial charge in [-0.25, -0.2) is 4.79 Å². The standard InChI is InChI=1S/C18H14F3NO4/c1-9-10-5-3-6-12(17(24)25-2)14(10)26-15(13(9)23)11-7-4-8-22-16(11)18(19,20)21/h3-9,15H,1-2H3. The lowest BCUT2D eigenvalue weighted by Crippen LogP contribution is -2.31. The topological polar surface area (TPSA) is 65.5 Å². The number of carbonyl (C=O) groups excluding carboxylic acids is 2. The second-order valence-electron chi connectivity index (χ2n) is 5.78. The first-order valence-electron chi connectivity index (χ1n) is 7.69. The van der Waals surface area contributed by atoms with E-state index in [4.69, 9.17) is 4.74 Å². The minimum absolute atomic E-state index is 0.0480. The highest BCUT2D eigenvalue weighted by atomic mass is 19.4. The maximum Gasteiger partial charge on any atom is 0.433 e. The van der Waals surface area contributed by atoms with E-state index in [1.807, 2.05) is 0 Å². The number of hydrogen-bond donors (Lipinski definition) is 0. The summed E-state index contributed by atoms with van der Waals surface area (Å²) in [5, 5.41) is 0. The van der Waals surface area contributed by atoms with E-state index in [2.05, 4.69) is 9.72 Å². The molecule has 2 unspecified atom stereocenters. The minimum atomic E-state index is -4.74. The molecule has 3 rings (SSSR count). The number of alkyl halides is 3. The second-order valence-corrected chi connectivity index (χ2v) is 5.78. The molecule has 8 heteroatoms. The second kappa shape index (κ2) is 6.44. The van der Waals surface area contributed by atoms with Gasteiger partial charge in [-0.3, -0.25) is 9.78 Å². The van der Waals surface area contributed by atoms with Crippen molar-refractivity contribution >= 4 is 11.8 Å². The van der Waals surface area contributed by atoms with Crippen molar-refractivity contribution in [2.75, 3.05) is 7.11 Å². The molecule has 136 valence electrons. The third-order valence-electron chi connectivity index (χ3n) is 4.23. The molecule has 2 aromatic rings. The number of ether oxygens (including phenoxy) is 2. The number of fused-ring (bicyclic) bond motifs is 1. The Bertz CT molecular complexity index is 879. The molecule has 0 saturated carbocycles. The van der Waals surface area contributed by atoms with Crippen LogP contribution in [0.1, 0.15) is 46.1 Å². The first-order valence-corrected chi connectivity index (χ1v) is 7.69. The van der Waals surface area contributed by atoms with Crippen LogP contribution in [0, 0.1) is 0 Å². The van der Waals surface area contributed by atoms with Crippen molar-refractivity contribution in [1.82, 2.24) is 4.98 Å². The van der Waals surface area contributed by atoms with E-state index < -0.39 is 35.6 Å². The monoisotopic (exact) mass is 365 g/mol. The number of rotatable bonds is 2. The zero-order chi connectivity index (χ0) is 19.1. The summed E-state index contributed by atoms with van der Waals surface area (Å²) in [6.45, 7) is 1.56. The summed E-state index contributed by atoms with van der Waals surface area (Å²) in [5.41, 5.74) is -1.11. The summed E-state index contributed by atoms with van der Waals surface area (Å²) >= 11 is 0. The fourth-order valence-electron chi connectivity index (χ4n) is 2.94. The van der Waals surface area contributed by atoms with Crippen molar-refractivity contribution in [3.05, 3.63) is 58.9 Å². The number of esters is 1. The molecule has 2 atom stereocenters. The van der Waals surface area contributed by atoms with Gasteiger partial charge in [-0.15, -0.1) is 0 Å². The van der Waals surface area contributed by atoms with Crippen molar-refractivity contribution in [3.63, 3.8) is 0 Å². The molecule has 0 saturated heterocycles. The Morgan fingerprint density at radius 3 is 2.54 bits per heavy atom. The van der Waals surface area contributed by atoms with E-state index in [0.29, 0.717) is 5.56 Å². The molecule has 1 aliphatic rings. The van der Waals surface area contributed by atoms with Gasteiger partial charge in [-0.1, -0.05) is 25.1 Å². The van der Waals surface area contributed by atoms with E-state index in [1.54, 1.807) is 19.1 Å². The lowest BCUT2D eigenvalue weighted by molar-refractivity contribution is -0.143. The number of pyridine rings is 1. The van der Waals surface area contributed by atoms with Crippen molar-refractivity contribution in [2.45, 2.75) is 25.1 Å². The summed E-state index contributed by atoms with van der Waals surface area (Å²) in [6, 6.07) is 7.03. The van der Waals surface area contributed by atoms with Gasteiger partial charge in [0.25, 0.3) is 0 Å². The zero-order valence-corrected chi connectivity index (χ0v) is 13.8. The largest absolute Gasteiger partial charge is 0.477 e. The number of ketones is 1. The molecule has 0 fully saturated rings. The molecule has 0 amide bonds. The van der Waals surface area contributed by atoms with Crippen LogP contribution in [0.4, 0.5) is 13.2 Å². The molecule has 5 nitrogen and oxygen atoms in total. The van der Waals surface area contributed by atoms with Crippen LogP contribution in [0.2, 0.25) is 0 Å². The molecule has 26 heavy (non-hydrogen) atoms. The van der Waals surface area contributed by atoms with Crippen LogP contribution in [-0.2, 0) is 15.7 Å². The van der Waals surface area contributed by atoms with E-state index in [-0.39, 0.29) is 16.9 Å². The van der Waals surface area contributed by atoms with Crippen molar-refractivity contribution in [3.8, 4) is 5.75 Å². The Morgan fingerprint density at radius 2 is 1.88 bits per heavy atom. The van der Waals surface area contributed by atoms with Crippen LogP contribution >= 0.6 is 0 Å². The summed E-state index contributed by atoms with van der Waals surface area (Å²) in [4.78, 5) is 28.0. The van der Waals surface area contributed by atoms with Crippen molar-refractivity contribution in [1.29, 1.82) is 0 Å². The average molecular weight is 365 g/mol. The molecule has 1 aromatic heterocycles. The molecule has 2 heterocycles. The lowest BCUT2D eigenvalue weighted by Gasteiger charge is -2.31. The average Bonchev–Trinajstić information content (AvgIpc) is 2.62. The zero-order valence-electron chi connectivity index (χ0n) is 13.8. The molecule has 0 spiro atoms. The van der Waals surface area contributed by atoms with Gasteiger partial charge in [0.2, 0.25) is 0 Å². The number of carbonyl (C=O) groups is 2. The maximum absolute atomic E-state index is 13.3. The number of aromatic nitrogens is 1. The number of methoxy groups -OCH3 is 1. The first kappa shape index (κ1) is 17.9. The van der Waals surface area contributed by atoms with E-state index >= 15 is 0 Å². The highest BCUT2D eigenvalue weighted by Crippen LogP contribution is 2.44. The van der Waals surface area contributed by atoms with Gasteiger partial charge in [0, 0.05) is 23.2 Å². The summed E-state index contributed by atoms with van der Waals surface area (Å²) in [7, 11) is 1.18. The van der Waals surface area contributed by atoms with Crippen LogP contribution in [0.15, 0.2) is 36.5 Å². The van der Waals surface area contributed by atoms with Crippen LogP contribution in [-0.4, -0.2) is 23.8 Å². The number of benzene rings is 1. The van der Waals surface area contributed by atoms with E-state index in [1.165, 1.54) is 19.2 Å². The number of hydrogen-bond acceptors (Lipinski definition) is 5. The van der Waals surface area contributed by atoms with Gasteiger partial charge < -0.3 is 9.47 Å². The number of para-hydroxylation sites is 1. The van der Waals surface area contributed by atoms with Crippen LogP contribution in [0.3, 0.4) is 0 Å². The predicted octanol–water partition coefficient (Wildman–Crippen LogP) is 3.69. The van der Waals surface area contributed by atoms with Gasteiger partial charge >= 0.3 is 12.1 Å². The molecule has 1 aliphatic heterocycles.